The summed E-state index contributed by atoms with van der Waals surface area (Å²) < 4.78 is 1.90. The van der Waals surface area contributed by atoms with E-state index in [2.05, 4.69) is 10.4 Å². The van der Waals surface area contributed by atoms with E-state index in [4.69, 9.17) is 11.6 Å². The van der Waals surface area contributed by atoms with E-state index in [9.17, 15) is 9.59 Å². The fourth-order valence-electron chi connectivity index (χ4n) is 2.90. The molecule has 26 heavy (non-hydrogen) atoms. The normalized spacial score (nSPS) is 13.3. The minimum atomic E-state index is -0.0669. The minimum Gasteiger partial charge on any atom is -0.350 e. The molecule has 0 saturated carbocycles. The van der Waals surface area contributed by atoms with Gasteiger partial charge < -0.3 is 15.1 Å². The second-order valence-corrected chi connectivity index (χ2v) is 6.97. The summed E-state index contributed by atoms with van der Waals surface area (Å²) in [6.45, 7) is 2.19. The maximum Gasteiger partial charge on any atom is 0.319 e. The molecule has 2 aromatic rings. The lowest BCUT2D eigenvalue weighted by Gasteiger charge is -2.29. The SMILES string of the molecule is CN(C)C(=O)N1CCn2nc(CNC(=O)Cc3ccc(Cl)cc3)cc2C1. The van der Waals surface area contributed by atoms with E-state index in [1.54, 1.807) is 36.0 Å². The molecule has 3 rings (SSSR count). The van der Waals surface area contributed by atoms with E-state index in [1.165, 1.54) is 0 Å². The molecule has 0 spiro atoms. The molecule has 1 aromatic carbocycles. The molecular weight excluding hydrogens is 354 g/mol. The molecule has 7 nitrogen and oxygen atoms in total. The number of carbonyl (C=O) groups excluding carboxylic acids is 2. The van der Waals surface area contributed by atoms with Gasteiger partial charge in [0.25, 0.3) is 0 Å². The van der Waals surface area contributed by atoms with Gasteiger partial charge in [-0.2, -0.15) is 5.10 Å². The molecule has 0 saturated heterocycles. The van der Waals surface area contributed by atoms with Crippen molar-refractivity contribution in [2.45, 2.75) is 26.1 Å². The summed E-state index contributed by atoms with van der Waals surface area (Å²) in [5.74, 6) is -0.0669. The van der Waals surface area contributed by atoms with Gasteiger partial charge in [-0.1, -0.05) is 23.7 Å². The highest BCUT2D eigenvalue weighted by atomic mass is 35.5. The van der Waals surface area contributed by atoms with Crippen LogP contribution in [-0.2, 0) is 30.8 Å². The first-order valence-corrected chi connectivity index (χ1v) is 8.83. The van der Waals surface area contributed by atoms with Crippen LogP contribution in [-0.4, -0.2) is 52.2 Å². The van der Waals surface area contributed by atoms with E-state index in [-0.39, 0.29) is 11.9 Å². The largest absolute Gasteiger partial charge is 0.350 e. The molecule has 0 bridgehead atoms. The van der Waals surface area contributed by atoms with Gasteiger partial charge in [0, 0.05) is 25.7 Å². The van der Waals surface area contributed by atoms with Gasteiger partial charge in [0.05, 0.1) is 37.4 Å². The maximum absolute atomic E-state index is 12.1. The molecule has 0 fully saturated rings. The number of carbonyl (C=O) groups is 2. The quantitative estimate of drug-likeness (QED) is 0.887. The number of halogens is 1. The number of hydrogen-bond donors (Lipinski definition) is 1. The van der Waals surface area contributed by atoms with Crippen LogP contribution >= 0.6 is 11.6 Å². The number of nitrogens with one attached hydrogen (secondary N) is 1. The average Bonchev–Trinajstić information content (AvgIpc) is 3.03. The Morgan fingerprint density at radius 3 is 2.65 bits per heavy atom. The lowest BCUT2D eigenvalue weighted by Crippen LogP contribution is -2.43. The Balaban J connectivity index is 1.54. The minimum absolute atomic E-state index is 0.00438. The smallest absolute Gasteiger partial charge is 0.319 e. The molecule has 1 aromatic heterocycles. The van der Waals surface area contributed by atoms with Gasteiger partial charge >= 0.3 is 6.03 Å². The summed E-state index contributed by atoms with van der Waals surface area (Å²) in [6.07, 6.45) is 0.301. The Labute approximate surface area is 157 Å². The zero-order chi connectivity index (χ0) is 18.7. The van der Waals surface area contributed by atoms with Crippen molar-refractivity contribution in [2.75, 3.05) is 20.6 Å². The highest BCUT2D eigenvalue weighted by Crippen LogP contribution is 2.15. The molecule has 2 heterocycles. The maximum atomic E-state index is 12.1. The number of nitrogens with zero attached hydrogens (tertiary/aromatic N) is 4. The summed E-state index contributed by atoms with van der Waals surface area (Å²) in [4.78, 5) is 27.5. The van der Waals surface area contributed by atoms with Gasteiger partial charge in [-0.15, -0.1) is 0 Å². The average molecular weight is 376 g/mol. The standard InChI is InChI=1S/C18H22ClN5O2/c1-22(2)18(26)23-7-8-24-16(12-23)10-15(21-24)11-20-17(25)9-13-3-5-14(19)6-4-13/h3-6,10H,7-9,11-12H2,1-2H3,(H,20,25). The fraction of sp³-hybridized carbons (Fsp3) is 0.389. The molecule has 0 unspecified atom stereocenters. The van der Waals surface area contributed by atoms with Crippen LogP contribution in [0.2, 0.25) is 5.02 Å². The summed E-state index contributed by atoms with van der Waals surface area (Å²) in [5, 5.41) is 8.05. The van der Waals surface area contributed by atoms with E-state index >= 15 is 0 Å². The lowest BCUT2D eigenvalue weighted by atomic mass is 10.1. The Kier molecular flexibility index (Phi) is 5.46. The van der Waals surface area contributed by atoms with Gasteiger partial charge in [-0.25, -0.2) is 4.79 Å². The van der Waals surface area contributed by atoms with Crippen molar-refractivity contribution < 1.29 is 9.59 Å². The number of hydrogen-bond acceptors (Lipinski definition) is 3. The van der Waals surface area contributed by atoms with Crippen LogP contribution in [0, 0.1) is 0 Å². The second-order valence-electron chi connectivity index (χ2n) is 6.53. The fourth-order valence-corrected chi connectivity index (χ4v) is 3.02. The molecule has 0 aliphatic carbocycles. The van der Waals surface area contributed by atoms with Gasteiger partial charge in [-0.3, -0.25) is 9.48 Å². The van der Waals surface area contributed by atoms with Crippen LogP contribution in [0.25, 0.3) is 0 Å². The van der Waals surface area contributed by atoms with Crippen molar-refractivity contribution in [3.63, 3.8) is 0 Å². The third kappa shape index (κ3) is 4.35. The zero-order valence-electron chi connectivity index (χ0n) is 14.9. The number of urea groups is 1. The number of amides is 3. The molecule has 3 amide bonds. The van der Waals surface area contributed by atoms with Crippen molar-refractivity contribution in [2.24, 2.45) is 0 Å². The van der Waals surface area contributed by atoms with Crippen molar-refractivity contribution in [1.82, 2.24) is 24.9 Å². The topological polar surface area (TPSA) is 70.5 Å². The van der Waals surface area contributed by atoms with Crippen LogP contribution in [0.4, 0.5) is 4.79 Å². The summed E-state index contributed by atoms with van der Waals surface area (Å²) in [6, 6.07) is 9.16. The molecule has 138 valence electrons. The summed E-state index contributed by atoms with van der Waals surface area (Å²) in [5.41, 5.74) is 2.69. The Hall–Kier alpha value is -2.54. The first-order chi connectivity index (χ1) is 12.4. The number of rotatable bonds is 4. The number of benzene rings is 1. The molecule has 0 radical (unpaired) electrons. The molecule has 1 aliphatic rings. The zero-order valence-corrected chi connectivity index (χ0v) is 15.7. The Bertz CT molecular complexity index is 800. The highest BCUT2D eigenvalue weighted by Gasteiger charge is 2.23. The van der Waals surface area contributed by atoms with Crippen molar-refractivity contribution >= 4 is 23.5 Å². The predicted octanol–water partition coefficient (Wildman–Crippen LogP) is 1.89. The molecule has 8 heteroatoms. The number of fused-ring (bicyclic) bond motifs is 1. The second kappa shape index (κ2) is 7.78. The first kappa shape index (κ1) is 18.3. The van der Waals surface area contributed by atoms with Crippen LogP contribution in [0.3, 0.4) is 0 Å². The van der Waals surface area contributed by atoms with Crippen molar-refractivity contribution in [1.29, 1.82) is 0 Å². The van der Waals surface area contributed by atoms with Crippen LogP contribution in [0.15, 0.2) is 30.3 Å². The molecule has 0 atom stereocenters. The number of aromatic nitrogens is 2. The van der Waals surface area contributed by atoms with Crippen molar-refractivity contribution in [3.05, 3.63) is 52.3 Å². The van der Waals surface area contributed by atoms with Crippen LogP contribution in [0.1, 0.15) is 17.0 Å². The molecule has 1 aliphatic heterocycles. The van der Waals surface area contributed by atoms with Crippen LogP contribution in [0.5, 0.6) is 0 Å². The van der Waals surface area contributed by atoms with Gasteiger partial charge in [0.15, 0.2) is 0 Å². The molecular formula is C18H22ClN5O2. The van der Waals surface area contributed by atoms with Crippen LogP contribution < -0.4 is 5.32 Å². The van der Waals surface area contributed by atoms with Gasteiger partial charge in [0.1, 0.15) is 0 Å². The van der Waals surface area contributed by atoms with E-state index in [0.29, 0.717) is 37.6 Å². The van der Waals surface area contributed by atoms with Gasteiger partial charge in [-0.05, 0) is 23.8 Å². The van der Waals surface area contributed by atoms with Gasteiger partial charge in [0.2, 0.25) is 5.91 Å². The molecule has 1 N–H and O–H groups in total. The van der Waals surface area contributed by atoms with Crippen molar-refractivity contribution in [3.8, 4) is 0 Å². The van der Waals surface area contributed by atoms with E-state index < -0.39 is 0 Å². The third-order valence-corrected chi connectivity index (χ3v) is 4.50. The monoisotopic (exact) mass is 375 g/mol. The Morgan fingerprint density at radius 2 is 1.96 bits per heavy atom. The summed E-state index contributed by atoms with van der Waals surface area (Å²) >= 11 is 5.85. The van der Waals surface area contributed by atoms with E-state index in [1.807, 2.05) is 22.9 Å². The Morgan fingerprint density at radius 1 is 1.23 bits per heavy atom. The van der Waals surface area contributed by atoms with E-state index in [0.717, 1.165) is 17.0 Å². The lowest BCUT2D eigenvalue weighted by molar-refractivity contribution is -0.120. The first-order valence-electron chi connectivity index (χ1n) is 8.45. The highest BCUT2D eigenvalue weighted by molar-refractivity contribution is 6.30. The third-order valence-electron chi connectivity index (χ3n) is 4.25. The predicted molar refractivity (Wildman–Crippen MR) is 98.7 cm³/mol. The summed E-state index contributed by atoms with van der Waals surface area (Å²) in [7, 11) is 3.49.